The van der Waals surface area contributed by atoms with Gasteiger partial charge >= 0.3 is 10.2 Å². The summed E-state index contributed by atoms with van der Waals surface area (Å²) >= 11 is 0. The smallest absolute Gasteiger partial charge is 0.272 e. The van der Waals surface area contributed by atoms with Crippen molar-refractivity contribution in [3.05, 3.63) is 29.3 Å². The molecule has 1 aromatic carbocycles. The molecule has 16 heavy (non-hydrogen) atoms. The van der Waals surface area contributed by atoms with Crippen molar-refractivity contribution in [2.75, 3.05) is 10.8 Å². The zero-order chi connectivity index (χ0) is 11.9. The van der Waals surface area contributed by atoms with Gasteiger partial charge in [0.25, 0.3) is 5.91 Å². The molecule has 6 heteroatoms. The zero-order valence-electron chi connectivity index (χ0n) is 9.02. The fraction of sp³-hybridized carbons (Fsp3) is 0.300. The Bertz CT molecular complexity index is 551. The van der Waals surface area contributed by atoms with Crippen LogP contribution in [0.15, 0.2) is 18.2 Å². The molecule has 0 bridgehead atoms. The van der Waals surface area contributed by atoms with Crippen molar-refractivity contribution in [2.24, 2.45) is 0 Å². The van der Waals surface area contributed by atoms with Gasteiger partial charge in [-0.2, -0.15) is 8.42 Å². The number of hydrogen-bond donors (Lipinski definition) is 1. The summed E-state index contributed by atoms with van der Waals surface area (Å²) in [6, 6.07) is 5.41. The Kier molecular flexibility index (Phi) is 2.38. The number of rotatable bonds is 1. The zero-order valence-corrected chi connectivity index (χ0v) is 9.84. The van der Waals surface area contributed by atoms with Crippen LogP contribution in [0.1, 0.15) is 11.1 Å². The standard InChI is InChI=1S/C10H12N2O3S/c1-7-3-4-9(8(2)5-7)12-6-10(13)11-16(12,14)15/h3-5H,6H2,1-2H3,(H,11,13). The molecule has 2 rings (SSSR count). The number of amides is 1. The third kappa shape index (κ3) is 1.76. The fourth-order valence-corrected chi connectivity index (χ4v) is 2.96. The summed E-state index contributed by atoms with van der Waals surface area (Å²) in [5, 5.41) is 0. The van der Waals surface area contributed by atoms with E-state index in [-0.39, 0.29) is 6.54 Å². The van der Waals surface area contributed by atoms with Crippen LogP contribution >= 0.6 is 0 Å². The molecule has 86 valence electrons. The van der Waals surface area contributed by atoms with Crippen LogP contribution in [0.2, 0.25) is 0 Å². The minimum atomic E-state index is -3.69. The first-order valence-electron chi connectivity index (χ1n) is 4.81. The summed E-state index contributed by atoms with van der Waals surface area (Å²) in [5.41, 5.74) is 2.43. The number of nitrogens with one attached hydrogen (secondary N) is 1. The van der Waals surface area contributed by atoms with E-state index in [4.69, 9.17) is 0 Å². The van der Waals surface area contributed by atoms with Crippen molar-refractivity contribution in [1.29, 1.82) is 0 Å². The Morgan fingerprint density at radius 1 is 1.31 bits per heavy atom. The van der Waals surface area contributed by atoms with Gasteiger partial charge in [-0.05, 0) is 25.5 Å². The molecule has 0 aromatic heterocycles. The number of carbonyl (C=O) groups excluding carboxylic acids is 1. The van der Waals surface area contributed by atoms with Gasteiger partial charge in [-0.3, -0.25) is 4.79 Å². The lowest BCUT2D eigenvalue weighted by molar-refractivity contribution is -0.117. The molecular weight excluding hydrogens is 228 g/mol. The third-order valence-corrected chi connectivity index (χ3v) is 3.83. The van der Waals surface area contributed by atoms with Crippen LogP contribution in [-0.4, -0.2) is 20.9 Å². The number of carbonyl (C=O) groups is 1. The van der Waals surface area contributed by atoms with Crippen molar-refractivity contribution in [2.45, 2.75) is 13.8 Å². The summed E-state index contributed by atoms with van der Waals surface area (Å²) in [7, 11) is -3.69. The predicted octanol–water partition coefficient (Wildman–Crippen LogP) is 0.484. The van der Waals surface area contributed by atoms with Gasteiger partial charge in [-0.1, -0.05) is 17.7 Å². The monoisotopic (exact) mass is 240 g/mol. The molecule has 1 N–H and O–H groups in total. The fourth-order valence-electron chi connectivity index (χ4n) is 1.75. The van der Waals surface area contributed by atoms with E-state index in [0.29, 0.717) is 5.69 Å². The molecule has 1 heterocycles. The van der Waals surface area contributed by atoms with Crippen LogP contribution < -0.4 is 9.03 Å². The lowest BCUT2D eigenvalue weighted by atomic mass is 10.1. The van der Waals surface area contributed by atoms with Crippen LogP contribution in [0.5, 0.6) is 0 Å². The van der Waals surface area contributed by atoms with E-state index < -0.39 is 16.1 Å². The lowest BCUT2D eigenvalue weighted by Gasteiger charge is -2.17. The van der Waals surface area contributed by atoms with Crippen molar-refractivity contribution < 1.29 is 13.2 Å². The van der Waals surface area contributed by atoms with E-state index in [0.717, 1.165) is 15.4 Å². The topological polar surface area (TPSA) is 66.5 Å². The molecule has 0 aliphatic carbocycles. The first-order valence-corrected chi connectivity index (χ1v) is 6.25. The molecule has 0 saturated carbocycles. The van der Waals surface area contributed by atoms with E-state index in [1.54, 1.807) is 6.07 Å². The van der Waals surface area contributed by atoms with Gasteiger partial charge in [0, 0.05) is 0 Å². The Labute approximate surface area is 94.3 Å². The van der Waals surface area contributed by atoms with Gasteiger partial charge < -0.3 is 0 Å². The highest BCUT2D eigenvalue weighted by Gasteiger charge is 2.34. The molecule has 1 fully saturated rings. The van der Waals surface area contributed by atoms with Gasteiger partial charge in [0.1, 0.15) is 6.54 Å². The van der Waals surface area contributed by atoms with Crippen LogP contribution in [0.3, 0.4) is 0 Å². The average Bonchev–Trinajstić information content (AvgIpc) is 2.39. The Balaban J connectivity index is 2.49. The van der Waals surface area contributed by atoms with Crippen molar-refractivity contribution in [3.63, 3.8) is 0 Å². The second-order valence-electron chi connectivity index (χ2n) is 3.83. The number of aryl methyl sites for hydroxylation is 2. The quantitative estimate of drug-likeness (QED) is 0.776. The summed E-state index contributed by atoms with van der Waals surface area (Å²) < 4.78 is 26.2. The maximum atomic E-state index is 11.6. The highest BCUT2D eigenvalue weighted by molar-refractivity contribution is 7.92. The highest BCUT2D eigenvalue weighted by Crippen LogP contribution is 2.25. The highest BCUT2D eigenvalue weighted by atomic mass is 32.2. The number of benzene rings is 1. The van der Waals surface area contributed by atoms with Gasteiger partial charge in [0.15, 0.2) is 0 Å². The summed E-state index contributed by atoms with van der Waals surface area (Å²) in [6.07, 6.45) is 0. The summed E-state index contributed by atoms with van der Waals surface area (Å²) in [6.45, 7) is 3.60. The first kappa shape index (κ1) is 10.9. The molecule has 1 saturated heterocycles. The largest absolute Gasteiger partial charge is 0.326 e. The predicted molar refractivity (Wildman–Crippen MR) is 60.3 cm³/mol. The minimum Gasteiger partial charge on any atom is -0.272 e. The van der Waals surface area contributed by atoms with E-state index >= 15 is 0 Å². The molecule has 0 unspecified atom stereocenters. The maximum Gasteiger partial charge on any atom is 0.326 e. The molecule has 1 amide bonds. The maximum absolute atomic E-state index is 11.6. The first-order chi connectivity index (χ1) is 7.40. The van der Waals surface area contributed by atoms with Crippen LogP contribution in [0, 0.1) is 13.8 Å². The molecular formula is C10H12N2O3S. The number of hydrogen-bond acceptors (Lipinski definition) is 3. The van der Waals surface area contributed by atoms with E-state index in [1.165, 1.54) is 0 Å². The Hall–Kier alpha value is -1.56. The van der Waals surface area contributed by atoms with Gasteiger partial charge in [0.2, 0.25) is 0 Å². The van der Waals surface area contributed by atoms with Crippen LogP contribution in [0.4, 0.5) is 5.69 Å². The molecule has 1 aliphatic rings. The Morgan fingerprint density at radius 3 is 2.50 bits per heavy atom. The van der Waals surface area contributed by atoms with E-state index in [9.17, 15) is 13.2 Å². The van der Waals surface area contributed by atoms with Crippen molar-refractivity contribution >= 4 is 21.8 Å². The number of nitrogens with zero attached hydrogens (tertiary/aromatic N) is 1. The van der Waals surface area contributed by atoms with Crippen LogP contribution in [-0.2, 0) is 15.0 Å². The molecule has 1 aromatic rings. The Morgan fingerprint density at radius 2 is 2.00 bits per heavy atom. The van der Waals surface area contributed by atoms with E-state index in [2.05, 4.69) is 0 Å². The average molecular weight is 240 g/mol. The van der Waals surface area contributed by atoms with Gasteiger partial charge in [-0.15, -0.1) is 0 Å². The second kappa shape index (κ2) is 3.48. The molecule has 0 atom stereocenters. The molecule has 0 spiro atoms. The van der Waals surface area contributed by atoms with Crippen LogP contribution in [0.25, 0.3) is 0 Å². The van der Waals surface area contributed by atoms with Gasteiger partial charge in [-0.25, -0.2) is 9.03 Å². The second-order valence-corrected chi connectivity index (χ2v) is 5.42. The molecule has 1 aliphatic heterocycles. The minimum absolute atomic E-state index is 0.147. The van der Waals surface area contributed by atoms with Gasteiger partial charge in [0.05, 0.1) is 5.69 Å². The lowest BCUT2D eigenvalue weighted by Crippen LogP contribution is -2.29. The number of anilines is 1. The SMILES string of the molecule is Cc1ccc(N2CC(=O)NS2(=O)=O)c(C)c1. The molecule has 0 radical (unpaired) electrons. The normalized spacial score (nSPS) is 18.6. The van der Waals surface area contributed by atoms with Crippen molar-refractivity contribution in [1.82, 2.24) is 4.72 Å². The van der Waals surface area contributed by atoms with Crippen molar-refractivity contribution in [3.8, 4) is 0 Å². The third-order valence-electron chi connectivity index (χ3n) is 2.44. The summed E-state index contributed by atoms with van der Waals surface area (Å²) in [4.78, 5) is 11.1. The molecule has 5 nitrogen and oxygen atoms in total. The van der Waals surface area contributed by atoms with E-state index in [1.807, 2.05) is 30.7 Å². The summed E-state index contributed by atoms with van der Waals surface area (Å²) in [5.74, 6) is -0.500.